The Balaban J connectivity index is 2.37. The SMILES string of the molecule is CN(c1cccnc1)c1ccc(C(=O)O)cc1N. The molecular formula is C13H13N3O2. The molecule has 92 valence electrons. The minimum atomic E-state index is -0.989. The topological polar surface area (TPSA) is 79.5 Å². The van der Waals surface area contributed by atoms with Crippen molar-refractivity contribution in [1.29, 1.82) is 0 Å². The summed E-state index contributed by atoms with van der Waals surface area (Å²) in [6.45, 7) is 0. The number of anilines is 3. The number of nitrogen functional groups attached to an aromatic ring is 1. The number of pyridine rings is 1. The van der Waals surface area contributed by atoms with Crippen molar-refractivity contribution in [2.45, 2.75) is 0 Å². The molecule has 0 atom stereocenters. The van der Waals surface area contributed by atoms with E-state index in [1.807, 2.05) is 24.1 Å². The van der Waals surface area contributed by atoms with E-state index in [9.17, 15) is 4.79 Å². The van der Waals surface area contributed by atoms with Crippen LogP contribution in [0.1, 0.15) is 10.4 Å². The van der Waals surface area contributed by atoms with Crippen molar-refractivity contribution in [3.63, 3.8) is 0 Å². The molecule has 0 saturated heterocycles. The number of aromatic carboxylic acids is 1. The van der Waals surface area contributed by atoms with E-state index in [1.165, 1.54) is 12.1 Å². The van der Waals surface area contributed by atoms with E-state index in [1.54, 1.807) is 18.5 Å². The molecule has 5 nitrogen and oxygen atoms in total. The van der Waals surface area contributed by atoms with Gasteiger partial charge in [0.05, 0.1) is 28.8 Å². The van der Waals surface area contributed by atoms with Gasteiger partial charge in [0.1, 0.15) is 0 Å². The number of benzene rings is 1. The zero-order chi connectivity index (χ0) is 13.1. The van der Waals surface area contributed by atoms with E-state index in [2.05, 4.69) is 4.98 Å². The first kappa shape index (κ1) is 11.9. The molecule has 0 unspecified atom stereocenters. The average molecular weight is 243 g/mol. The van der Waals surface area contributed by atoms with Gasteiger partial charge in [-0.2, -0.15) is 0 Å². The first-order valence-electron chi connectivity index (χ1n) is 5.36. The number of carbonyl (C=O) groups is 1. The van der Waals surface area contributed by atoms with Crippen molar-refractivity contribution in [2.75, 3.05) is 17.7 Å². The largest absolute Gasteiger partial charge is 0.478 e. The predicted molar refractivity (Wildman–Crippen MR) is 70.1 cm³/mol. The monoisotopic (exact) mass is 243 g/mol. The zero-order valence-electron chi connectivity index (χ0n) is 9.87. The summed E-state index contributed by atoms with van der Waals surface area (Å²) in [6.07, 6.45) is 3.40. The standard InChI is InChI=1S/C13H13N3O2/c1-16(10-3-2-6-15-8-10)12-5-4-9(13(17)18)7-11(12)14/h2-8H,14H2,1H3,(H,17,18). The minimum Gasteiger partial charge on any atom is -0.478 e. The van der Waals surface area contributed by atoms with E-state index in [-0.39, 0.29) is 5.56 Å². The lowest BCUT2D eigenvalue weighted by Crippen LogP contribution is -2.12. The van der Waals surface area contributed by atoms with E-state index in [0.29, 0.717) is 5.69 Å². The first-order chi connectivity index (χ1) is 8.59. The molecule has 1 heterocycles. The number of hydrogen-bond donors (Lipinski definition) is 2. The summed E-state index contributed by atoms with van der Waals surface area (Å²) < 4.78 is 0. The number of nitrogens with zero attached hydrogens (tertiary/aromatic N) is 2. The van der Waals surface area contributed by atoms with Crippen LogP contribution in [0.2, 0.25) is 0 Å². The normalized spacial score (nSPS) is 10.1. The third-order valence-electron chi connectivity index (χ3n) is 2.67. The Morgan fingerprint density at radius 3 is 2.72 bits per heavy atom. The van der Waals surface area contributed by atoms with Crippen LogP contribution in [0.4, 0.5) is 17.1 Å². The van der Waals surface area contributed by atoms with Gasteiger partial charge in [0.25, 0.3) is 0 Å². The van der Waals surface area contributed by atoms with Gasteiger partial charge in [0.15, 0.2) is 0 Å². The fraction of sp³-hybridized carbons (Fsp3) is 0.0769. The Hall–Kier alpha value is -2.56. The van der Waals surface area contributed by atoms with E-state index >= 15 is 0 Å². The highest BCUT2D eigenvalue weighted by Crippen LogP contribution is 2.28. The molecule has 1 aromatic carbocycles. The van der Waals surface area contributed by atoms with Gasteiger partial charge in [0.2, 0.25) is 0 Å². The van der Waals surface area contributed by atoms with Crippen LogP contribution in [0.5, 0.6) is 0 Å². The Bertz CT molecular complexity index is 570. The minimum absolute atomic E-state index is 0.177. The van der Waals surface area contributed by atoms with Crippen LogP contribution in [0.25, 0.3) is 0 Å². The number of aromatic nitrogens is 1. The molecule has 1 aromatic heterocycles. The van der Waals surface area contributed by atoms with Gasteiger partial charge in [-0.1, -0.05) is 0 Å². The number of nitrogens with two attached hydrogens (primary N) is 1. The molecule has 0 fully saturated rings. The van der Waals surface area contributed by atoms with E-state index in [4.69, 9.17) is 10.8 Å². The molecule has 2 aromatic rings. The lowest BCUT2D eigenvalue weighted by Gasteiger charge is -2.20. The molecule has 18 heavy (non-hydrogen) atoms. The van der Waals surface area contributed by atoms with Crippen molar-refractivity contribution in [1.82, 2.24) is 4.98 Å². The maximum Gasteiger partial charge on any atom is 0.335 e. The third kappa shape index (κ3) is 2.24. The second kappa shape index (κ2) is 4.75. The van der Waals surface area contributed by atoms with Gasteiger partial charge in [-0.15, -0.1) is 0 Å². The second-order valence-corrected chi connectivity index (χ2v) is 3.85. The van der Waals surface area contributed by atoms with Gasteiger partial charge >= 0.3 is 5.97 Å². The molecular weight excluding hydrogens is 230 g/mol. The molecule has 5 heteroatoms. The van der Waals surface area contributed by atoms with Crippen LogP contribution < -0.4 is 10.6 Å². The van der Waals surface area contributed by atoms with Crippen molar-refractivity contribution in [3.05, 3.63) is 48.3 Å². The Kier molecular flexibility index (Phi) is 3.14. The number of rotatable bonds is 3. The average Bonchev–Trinajstić information content (AvgIpc) is 2.38. The van der Waals surface area contributed by atoms with Crippen molar-refractivity contribution in [2.24, 2.45) is 0 Å². The molecule has 2 rings (SSSR count). The van der Waals surface area contributed by atoms with E-state index < -0.39 is 5.97 Å². The fourth-order valence-electron chi connectivity index (χ4n) is 1.68. The molecule has 3 N–H and O–H groups in total. The van der Waals surface area contributed by atoms with Crippen LogP contribution in [-0.4, -0.2) is 23.1 Å². The summed E-state index contributed by atoms with van der Waals surface area (Å²) in [6, 6.07) is 8.39. The Morgan fingerprint density at radius 1 is 1.39 bits per heavy atom. The highest BCUT2D eigenvalue weighted by molar-refractivity contribution is 5.91. The maximum atomic E-state index is 10.8. The number of hydrogen-bond acceptors (Lipinski definition) is 4. The summed E-state index contributed by atoms with van der Waals surface area (Å²) >= 11 is 0. The van der Waals surface area contributed by atoms with Gasteiger partial charge in [0, 0.05) is 13.2 Å². The first-order valence-corrected chi connectivity index (χ1v) is 5.36. The third-order valence-corrected chi connectivity index (χ3v) is 2.67. The number of carboxylic acid groups (broad SMARTS) is 1. The summed E-state index contributed by atoms with van der Waals surface area (Å²) in [7, 11) is 1.85. The maximum absolute atomic E-state index is 10.8. The molecule has 0 aliphatic heterocycles. The predicted octanol–water partition coefficient (Wildman–Crippen LogP) is 2.13. The van der Waals surface area contributed by atoms with Crippen LogP contribution >= 0.6 is 0 Å². The summed E-state index contributed by atoms with van der Waals surface area (Å²) in [5.41, 5.74) is 8.09. The van der Waals surface area contributed by atoms with E-state index in [0.717, 1.165) is 11.4 Å². The highest BCUT2D eigenvalue weighted by atomic mass is 16.4. The Morgan fingerprint density at radius 2 is 2.17 bits per heavy atom. The molecule has 0 spiro atoms. The molecule has 0 amide bonds. The lowest BCUT2D eigenvalue weighted by atomic mass is 10.1. The van der Waals surface area contributed by atoms with Crippen LogP contribution in [0.15, 0.2) is 42.7 Å². The van der Waals surface area contributed by atoms with Crippen molar-refractivity contribution in [3.8, 4) is 0 Å². The highest BCUT2D eigenvalue weighted by Gasteiger charge is 2.10. The van der Waals surface area contributed by atoms with Gasteiger partial charge < -0.3 is 15.7 Å². The van der Waals surface area contributed by atoms with Gasteiger partial charge in [-0.05, 0) is 30.3 Å². The summed E-state index contributed by atoms with van der Waals surface area (Å²) in [5, 5.41) is 8.88. The molecule has 0 aliphatic carbocycles. The zero-order valence-corrected chi connectivity index (χ0v) is 9.87. The summed E-state index contributed by atoms with van der Waals surface area (Å²) in [4.78, 5) is 16.7. The molecule has 0 bridgehead atoms. The van der Waals surface area contributed by atoms with Crippen LogP contribution in [0, 0.1) is 0 Å². The molecule has 0 radical (unpaired) electrons. The molecule has 0 saturated carbocycles. The number of carboxylic acids is 1. The molecule has 0 aliphatic rings. The quantitative estimate of drug-likeness (QED) is 0.807. The van der Waals surface area contributed by atoms with Gasteiger partial charge in [-0.25, -0.2) is 4.79 Å². The lowest BCUT2D eigenvalue weighted by molar-refractivity contribution is 0.0697. The smallest absolute Gasteiger partial charge is 0.335 e. The Labute approximate surface area is 104 Å². The second-order valence-electron chi connectivity index (χ2n) is 3.85. The van der Waals surface area contributed by atoms with Crippen molar-refractivity contribution >= 4 is 23.0 Å². The summed E-state index contributed by atoms with van der Waals surface area (Å²) in [5.74, 6) is -0.989. The van der Waals surface area contributed by atoms with Gasteiger partial charge in [-0.3, -0.25) is 4.98 Å². The van der Waals surface area contributed by atoms with Crippen molar-refractivity contribution < 1.29 is 9.90 Å². The fourth-order valence-corrected chi connectivity index (χ4v) is 1.68. The van der Waals surface area contributed by atoms with Crippen LogP contribution in [0.3, 0.4) is 0 Å². The van der Waals surface area contributed by atoms with Crippen LogP contribution in [-0.2, 0) is 0 Å².